The number of hydrogen-bond donors (Lipinski definition) is 1. The zero-order chi connectivity index (χ0) is 10.1. The van der Waals surface area contributed by atoms with Crippen LogP contribution >= 0.6 is 0 Å². The molecule has 1 atom stereocenters. The molecule has 0 aromatic heterocycles. The van der Waals surface area contributed by atoms with Crippen molar-refractivity contribution < 1.29 is 4.79 Å². The Kier molecular flexibility index (Phi) is 7.76. The zero-order valence-corrected chi connectivity index (χ0v) is 9.23. The molecule has 0 spiro atoms. The summed E-state index contributed by atoms with van der Waals surface area (Å²) in [5.74, 6) is 0.407. The van der Waals surface area contributed by atoms with E-state index in [-0.39, 0.29) is 11.8 Å². The second kappa shape index (κ2) is 8.09. The number of carbonyl (C=O) groups excluding carboxylic acids is 1. The van der Waals surface area contributed by atoms with Crippen LogP contribution in [0, 0.1) is 5.92 Å². The number of rotatable bonds is 7. The molecule has 0 saturated heterocycles. The van der Waals surface area contributed by atoms with Gasteiger partial charge < -0.3 is 5.32 Å². The summed E-state index contributed by atoms with van der Waals surface area (Å²) in [6.45, 7) is 7.13. The molecule has 0 fully saturated rings. The SMILES string of the molecule is CCCCCNC(=O)C(C)CCC. The Labute approximate surface area is 82.1 Å². The third-order valence-electron chi connectivity index (χ3n) is 2.25. The maximum atomic E-state index is 11.4. The van der Waals surface area contributed by atoms with Crippen LogP contribution in [0.1, 0.15) is 52.9 Å². The van der Waals surface area contributed by atoms with Crippen LogP contribution in [0.2, 0.25) is 0 Å². The predicted molar refractivity (Wildman–Crippen MR) is 56.6 cm³/mol. The molecule has 0 saturated carbocycles. The van der Waals surface area contributed by atoms with Crippen molar-refractivity contribution in [1.82, 2.24) is 5.32 Å². The van der Waals surface area contributed by atoms with E-state index in [9.17, 15) is 4.79 Å². The van der Waals surface area contributed by atoms with E-state index < -0.39 is 0 Å². The van der Waals surface area contributed by atoms with E-state index in [2.05, 4.69) is 19.2 Å². The highest BCUT2D eigenvalue weighted by molar-refractivity contribution is 5.78. The number of hydrogen-bond acceptors (Lipinski definition) is 1. The minimum Gasteiger partial charge on any atom is -0.356 e. The maximum Gasteiger partial charge on any atom is 0.222 e. The van der Waals surface area contributed by atoms with Gasteiger partial charge in [0.2, 0.25) is 5.91 Å². The van der Waals surface area contributed by atoms with Gasteiger partial charge in [0.05, 0.1) is 0 Å². The summed E-state index contributed by atoms with van der Waals surface area (Å²) < 4.78 is 0. The van der Waals surface area contributed by atoms with Gasteiger partial charge in [-0.05, 0) is 12.8 Å². The van der Waals surface area contributed by atoms with Crippen molar-refractivity contribution in [1.29, 1.82) is 0 Å². The normalized spacial score (nSPS) is 12.5. The summed E-state index contributed by atoms with van der Waals surface area (Å²) in [5, 5.41) is 2.96. The van der Waals surface area contributed by atoms with Crippen LogP contribution in [-0.4, -0.2) is 12.5 Å². The van der Waals surface area contributed by atoms with Crippen molar-refractivity contribution in [2.45, 2.75) is 52.9 Å². The Morgan fingerprint density at radius 1 is 1.23 bits per heavy atom. The molecule has 0 aliphatic heterocycles. The quantitative estimate of drug-likeness (QED) is 0.607. The van der Waals surface area contributed by atoms with Crippen LogP contribution in [0.4, 0.5) is 0 Å². The molecule has 2 heteroatoms. The first-order valence-corrected chi connectivity index (χ1v) is 5.50. The fourth-order valence-electron chi connectivity index (χ4n) is 1.32. The molecule has 2 nitrogen and oxygen atoms in total. The lowest BCUT2D eigenvalue weighted by molar-refractivity contribution is -0.124. The molecule has 78 valence electrons. The molecule has 13 heavy (non-hydrogen) atoms. The molecule has 0 aliphatic rings. The van der Waals surface area contributed by atoms with Crippen LogP contribution < -0.4 is 5.32 Å². The Morgan fingerprint density at radius 2 is 1.92 bits per heavy atom. The van der Waals surface area contributed by atoms with E-state index in [1.54, 1.807) is 0 Å². The van der Waals surface area contributed by atoms with Crippen molar-refractivity contribution in [3.8, 4) is 0 Å². The fraction of sp³-hybridized carbons (Fsp3) is 0.909. The van der Waals surface area contributed by atoms with E-state index in [0.29, 0.717) is 0 Å². The Hall–Kier alpha value is -0.530. The summed E-state index contributed by atoms with van der Waals surface area (Å²) >= 11 is 0. The van der Waals surface area contributed by atoms with Gasteiger partial charge in [-0.3, -0.25) is 4.79 Å². The fourth-order valence-corrected chi connectivity index (χ4v) is 1.32. The first-order valence-electron chi connectivity index (χ1n) is 5.50. The molecule has 1 amide bonds. The average molecular weight is 185 g/mol. The molecule has 0 bridgehead atoms. The smallest absolute Gasteiger partial charge is 0.222 e. The van der Waals surface area contributed by atoms with E-state index in [4.69, 9.17) is 0 Å². The summed E-state index contributed by atoms with van der Waals surface area (Å²) in [6.07, 6.45) is 5.62. The highest BCUT2D eigenvalue weighted by atomic mass is 16.1. The summed E-state index contributed by atoms with van der Waals surface area (Å²) in [7, 11) is 0. The topological polar surface area (TPSA) is 29.1 Å². The number of carbonyl (C=O) groups is 1. The summed E-state index contributed by atoms with van der Waals surface area (Å²) in [5.41, 5.74) is 0. The number of amides is 1. The Balaban J connectivity index is 3.38. The van der Waals surface area contributed by atoms with Gasteiger partial charge in [0.15, 0.2) is 0 Å². The highest BCUT2D eigenvalue weighted by Gasteiger charge is 2.09. The van der Waals surface area contributed by atoms with Gasteiger partial charge in [0, 0.05) is 12.5 Å². The van der Waals surface area contributed by atoms with Crippen molar-refractivity contribution in [2.75, 3.05) is 6.54 Å². The molecule has 0 aliphatic carbocycles. The first kappa shape index (κ1) is 12.5. The lowest BCUT2D eigenvalue weighted by Crippen LogP contribution is -2.29. The molecular weight excluding hydrogens is 162 g/mol. The maximum absolute atomic E-state index is 11.4. The van der Waals surface area contributed by atoms with Gasteiger partial charge in [-0.25, -0.2) is 0 Å². The second-order valence-corrected chi connectivity index (χ2v) is 3.69. The van der Waals surface area contributed by atoms with Gasteiger partial charge in [-0.1, -0.05) is 40.0 Å². The molecule has 1 unspecified atom stereocenters. The van der Waals surface area contributed by atoms with Crippen molar-refractivity contribution in [2.24, 2.45) is 5.92 Å². The number of unbranched alkanes of at least 4 members (excludes halogenated alkanes) is 2. The third kappa shape index (κ3) is 6.62. The van der Waals surface area contributed by atoms with E-state index in [0.717, 1.165) is 25.8 Å². The summed E-state index contributed by atoms with van der Waals surface area (Å²) in [6, 6.07) is 0. The van der Waals surface area contributed by atoms with Crippen molar-refractivity contribution >= 4 is 5.91 Å². The van der Waals surface area contributed by atoms with Gasteiger partial charge in [0.25, 0.3) is 0 Å². The standard InChI is InChI=1S/C11H23NO/c1-4-6-7-9-12-11(13)10(3)8-5-2/h10H,4-9H2,1-3H3,(H,12,13). The van der Waals surface area contributed by atoms with E-state index in [1.807, 2.05) is 6.92 Å². The van der Waals surface area contributed by atoms with Crippen molar-refractivity contribution in [3.63, 3.8) is 0 Å². The molecule has 0 rings (SSSR count). The largest absolute Gasteiger partial charge is 0.356 e. The molecule has 1 N–H and O–H groups in total. The van der Waals surface area contributed by atoms with Gasteiger partial charge in [-0.15, -0.1) is 0 Å². The monoisotopic (exact) mass is 185 g/mol. The van der Waals surface area contributed by atoms with E-state index >= 15 is 0 Å². The van der Waals surface area contributed by atoms with E-state index in [1.165, 1.54) is 12.8 Å². The van der Waals surface area contributed by atoms with Gasteiger partial charge >= 0.3 is 0 Å². The Bertz CT molecular complexity index is 134. The highest BCUT2D eigenvalue weighted by Crippen LogP contribution is 2.04. The lowest BCUT2D eigenvalue weighted by atomic mass is 10.1. The van der Waals surface area contributed by atoms with Crippen LogP contribution in [0.5, 0.6) is 0 Å². The molecule has 0 aromatic carbocycles. The minimum atomic E-state index is 0.187. The number of nitrogens with one attached hydrogen (secondary N) is 1. The molecule has 0 aromatic rings. The van der Waals surface area contributed by atoms with Gasteiger partial charge in [0.1, 0.15) is 0 Å². The molecular formula is C11H23NO. The molecule has 0 heterocycles. The van der Waals surface area contributed by atoms with Crippen LogP contribution in [0.3, 0.4) is 0 Å². The van der Waals surface area contributed by atoms with Crippen molar-refractivity contribution in [3.05, 3.63) is 0 Å². The minimum absolute atomic E-state index is 0.187. The average Bonchev–Trinajstić information content (AvgIpc) is 2.12. The van der Waals surface area contributed by atoms with Crippen LogP contribution in [0.25, 0.3) is 0 Å². The predicted octanol–water partition coefficient (Wildman–Crippen LogP) is 2.73. The summed E-state index contributed by atoms with van der Waals surface area (Å²) in [4.78, 5) is 11.4. The lowest BCUT2D eigenvalue weighted by Gasteiger charge is -2.10. The Morgan fingerprint density at radius 3 is 2.46 bits per heavy atom. The third-order valence-corrected chi connectivity index (χ3v) is 2.25. The molecule has 0 radical (unpaired) electrons. The van der Waals surface area contributed by atoms with Crippen LogP contribution in [0.15, 0.2) is 0 Å². The van der Waals surface area contributed by atoms with Gasteiger partial charge in [-0.2, -0.15) is 0 Å². The first-order chi connectivity index (χ1) is 6.22. The second-order valence-electron chi connectivity index (χ2n) is 3.69. The van der Waals surface area contributed by atoms with Crippen LogP contribution in [-0.2, 0) is 4.79 Å². The zero-order valence-electron chi connectivity index (χ0n) is 9.23.